The van der Waals surface area contributed by atoms with Crippen molar-refractivity contribution in [3.63, 3.8) is 0 Å². The van der Waals surface area contributed by atoms with Gasteiger partial charge in [0.15, 0.2) is 0 Å². The molecule has 2 unspecified atom stereocenters. The number of benzene rings is 1. The number of nitrogens with two attached hydrogens (primary N) is 1. The van der Waals surface area contributed by atoms with Crippen molar-refractivity contribution in [3.05, 3.63) is 34.9 Å². The molecule has 0 amide bonds. The Balaban J connectivity index is 2.06. The van der Waals surface area contributed by atoms with Gasteiger partial charge in [-0.05, 0) is 30.7 Å². The maximum Gasteiger partial charge on any atom is 0.0909 e. The first-order chi connectivity index (χ1) is 9.24. The van der Waals surface area contributed by atoms with Gasteiger partial charge < -0.3 is 4.74 Å². The molecule has 106 valence electrons. The minimum Gasteiger partial charge on any atom is -0.374 e. The van der Waals surface area contributed by atoms with E-state index >= 15 is 0 Å². The van der Waals surface area contributed by atoms with E-state index < -0.39 is 0 Å². The summed E-state index contributed by atoms with van der Waals surface area (Å²) in [4.78, 5) is 2.43. The van der Waals surface area contributed by atoms with Crippen LogP contribution in [0.2, 0.25) is 5.02 Å². The average molecular weight is 284 g/mol. The molecule has 1 heterocycles. The van der Waals surface area contributed by atoms with Gasteiger partial charge in [0.1, 0.15) is 0 Å². The van der Waals surface area contributed by atoms with Crippen LogP contribution in [0.25, 0.3) is 0 Å². The van der Waals surface area contributed by atoms with Crippen molar-refractivity contribution in [3.8, 4) is 0 Å². The topological polar surface area (TPSA) is 50.5 Å². The molecule has 0 spiro atoms. The lowest BCUT2D eigenvalue weighted by Gasteiger charge is -2.36. The predicted octanol–water partition coefficient (Wildman–Crippen LogP) is 1.96. The third-order valence-electron chi connectivity index (χ3n) is 3.50. The lowest BCUT2D eigenvalue weighted by Crippen LogP contribution is -2.49. The molecule has 1 aromatic carbocycles. The second-order valence-electron chi connectivity index (χ2n) is 4.91. The lowest BCUT2D eigenvalue weighted by atomic mass is 10.0. The van der Waals surface area contributed by atoms with Gasteiger partial charge in [0.05, 0.1) is 18.8 Å². The summed E-state index contributed by atoms with van der Waals surface area (Å²) in [5.41, 5.74) is 3.98. The fourth-order valence-corrected chi connectivity index (χ4v) is 2.67. The summed E-state index contributed by atoms with van der Waals surface area (Å²) < 4.78 is 5.88. The van der Waals surface area contributed by atoms with Crippen LogP contribution < -0.4 is 11.3 Å². The molecule has 1 aromatic rings. The fourth-order valence-electron chi connectivity index (χ4n) is 2.54. The number of hydrogen-bond acceptors (Lipinski definition) is 4. The second-order valence-corrected chi connectivity index (χ2v) is 5.34. The first-order valence-electron chi connectivity index (χ1n) is 6.80. The van der Waals surface area contributed by atoms with E-state index in [1.165, 1.54) is 0 Å². The van der Waals surface area contributed by atoms with Crippen LogP contribution in [0, 0.1) is 0 Å². The minimum atomic E-state index is -0.00285. The zero-order valence-corrected chi connectivity index (χ0v) is 12.1. The molecule has 2 atom stereocenters. The fraction of sp³-hybridized carbons (Fsp3) is 0.571. The predicted molar refractivity (Wildman–Crippen MR) is 78.0 cm³/mol. The molecular formula is C14H22ClN3O. The molecule has 3 N–H and O–H groups in total. The van der Waals surface area contributed by atoms with Crippen molar-refractivity contribution in [2.75, 3.05) is 26.2 Å². The summed E-state index contributed by atoms with van der Waals surface area (Å²) in [6.45, 7) is 5.98. The summed E-state index contributed by atoms with van der Waals surface area (Å²) in [6, 6.07) is 7.75. The minimum absolute atomic E-state index is 0.00285. The molecule has 5 heteroatoms. The van der Waals surface area contributed by atoms with Gasteiger partial charge in [-0.2, -0.15) is 0 Å². The highest BCUT2D eigenvalue weighted by atomic mass is 35.5. The maximum absolute atomic E-state index is 5.92. The van der Waals surface area contributed by atoms with Gasteiger partial charge in [-0.15, -0.1) is 0 Å². The summed E-state index contributed by atoms with van der Waals surface area (Å²) in [5, 5.41) is 0.733. The van der Waals surface area contributed by atoms with E-state index in [0.717, 1.165) is 43.2 Å². The van der Waals surface area contributed by atoms with Gasteiger partial charge in [0.2, 0.25) is 0 Å². The molecule has 0 bridgehead atoms. The third-order valence-corrected chi connectivity index (χ3v) is 3.75. The smallest absolute Gasteiger partial charge is 0.0909 e. The Kier molecular flexibility index (Phi) is 5.60. The quantitative estimate of drug-likeness (QED) is 0.641. The van der Waals surface area contributed by atoms with Crippen LogP contribution in [-0.4, -0.2) is 37.2 Å². The molecular weight excluding hydrogens is 262 g/mol. The van der Waals surface area contributed by atoms with Crippen molar-refractivity contribution in [1.82, 2.24) is 10.3 Å². The van der Waals surface area contributed by atoms with Crippen LogP contribution >= 0.6 is 11.6 Å². The van der Waals surface area contributed by atoms with E-state index in [4.69, 9.17) is 22.2 Å². The highest BCUT2D eigenvalue weighted by molar-refractivity contribution is 6.30. The SMILES string of the molecule is CCCN1CCOC(C(NN)c2ccc(Cl)cc2)C1. The van der Waals surface area contributed by atoms with Crippen molar-refractivity contribution in [1.29, 1.82) is 0 Å². The highest BCUT2D eigenvalue weighted by Gasteiger charge is 2.28. The van der Waals surface area contributed by atoms with Crippen molar-refractivity contribution in [2.24, 2.45) is 5.84 Å². The van der Waals surface area contributed by atoms with Gasteiger partial charge in [-0.3, -0.25) is 16.2 Å². The molecule has 2 rings (SSSR count). The first kappa shape index (κ1) is 14.8. The Bertz CT molecular complexity index is 383. The summed E-state index contributed by atoms with van der Waals surface area (Å²) >= 11 is 5.92. The number of hydrazine groups is 1. The van der Waals surface area contributed by atoms with Crippen molar-refractivity contribution < 1.29 is 4.74 Å². The van der Waals surface area contributed by atoms with Crippen LogP contribution in [0.15, 0.2) is 24.3 Å². The van der Waals surface area contributed by atoms with E-state index in [0.29, 0.717) is 0 Å². The largest absolute Gasteiger partial charge is 0.374 e. The van der Waals surface area contributed by atoms with Crippen molar-refractivity contribution in [2.45, 2.75) is 25.5 Å². The normalized spacial score (nSPS) is 22.4. The van der Waals surface area contributed by atoms with Crippen LogP contribution in [0.4, 0.5) is 0 Å². The second kappa shape index (κ2) is 7.22. The molecule has 1 fully saturated rings. The lowest BCUT2D eigenvalue weighted by molar-refractivity contribution is -0.0471. The number of ether oxygens (including phenoxy) is 1. The van der Waals surface area contributed by atoms with E-state index in [-0.39, 0.29) is 12.1 Å². The van der Waals surface area contributed by atoms with Crippen LogP contribution in [0.5, 0.6) is 0 Å². The van der Waals surface area contributed by atoms with Crippen LogP contribution in [-0.2, 0) is 4.74 Å². The Hall–Kier alpha value is -0.650. The Morgan fingerprint density at radius 3 is 2.84 bits per heavy atom. The zero-order chi connectivity index (χ0) is 13.7. The summed E-state index contributed by atoms with van der Waals surface area (Å²) in [6.07, 6.45) is 1.24. The molecule has 0 radical (unpaired) electrons. The van der Waals surface area contributed by atoms with Crippen LogP contribution in [0.3, 0.4) is 0 Å². The summed E-state index contributed by atoms with van der Waals surface area (Å²) in [7, 11) is 0. The number of hydrogen-bond donors (Lipinski definition) is 2. The summed E-state index contributed by atoms with van der Waals surface area (Å²) in [5.74, 6) is 5.71. The number of rotatable bonds is 5. The monoisotopic (exact) mass is 283 g/mol. The van der Waals surface area contributed by atoms with E-state index in [9.17, 15) is 0 Å². The van der Waals surface area contributed by atoms with E-state index in [1.807, 2.05) is 24.3 Å². The number of halogens is 1. The highest BCUT2D eigenvalue weighted by Crippen LogP contribution is 2.23. The Morgan fingerprint density at radius 2 is 2.21 bits per heavy atom. The van der Waals surface area contributed by atoms with E-state index in [2.05, 4.69) is 17.2 Å². The van der Waals surface area contributed by atoms with Crippen molar-refractivity contribution >= 4 is 11.6 Å². The number of nitrogens with one attached hydrogen (secondary N) is 1. The Morgan fingerprint density at radius 1 is 1.47 bits per heavy atom. The molecule has 0 saturated carbocycles. The van der Waals surface area contributed by atoms with Gasteiger partial charge in [0.25, 0.3) is 0 Å². The van der Waals surface area contributed by atoms with E-state index in [1.54, 1.807) is 0 Å². The molecule has 1 saturated heterocycles. The van der Waals surface area contributed by atoms with Crippen LogP contribution in [0.1, 0.15) is 24.9 Å². The average Bonchev–Trinajstić information content (AvgIpc) is 2.43. The molecule has 19 heavy (non-hydrogen) atoms. The molecule has 1 aliphatic heterocycles. The third kappa shape index (κ3) is 3.91. The molecule has 0 aliphatic carbocycles. The molecule has 4 nitrogen and oxygen atoms in total. The standard InChI is InChI=1S/C14H22ClN3O/c1-2-7-18-8-9-19-13(10-18)14(17-16)11-3-5-12(15)6-4-11/h3-6,13-14,17H,2,7-10,16H2,1H3. The molecule has 1 aliphatic rings. The first-order valence-corrected chi connectivity index (χ1v) is 7.18. The Labute approximate surface area is 119 Å². The van der Waals surface area contributed by atoms with Gasteiger partial charge in [-0.25, -0.2) is 0 Å². The maximum atomic E-state index is 5.92. The molecule has 0 aromatic heterocycles. The number of morpholine rings is 1. The van der Waals surface area contributed by atoms with Gasteiger partial charge in [0, 0.05) is 18.1 Å². The zero-order valence-electron chi connectivity index (χ0n) is 11.3. The van der Waals surface area contributed by atoms with Gasteiger partial charge >= 0.3 is 0 Å². The number of nitrogens with zero attached hydrogens (tertiary/aromatic N) is 1. The van der Waals surface area contributed by atoms with Gasteiger partial charge in [-0.1, -0.05) is 30.7 Å².